The number of esters is 1. The maximum atomic E-state index is 13.2. The van der Waals surface area contributed by atoms with E-state index in [1.165, 1.54) is 11.1 Å². The molecule has 0 saturated heterocycles. The number of hydrogen-bond donors (Lipinski definition) is 0. The van der Waals surface area contributed by atoms with E-state index in [2.05, 4.69) is 32.6 Å². The van der Waals surface area contributed by atoms with Crippen LogP contribution in [0.25, 0.3) is 0 Å². The van der Waals surface area contributed by atoms with Crippen LogP contribution < -0.4 is 0 Å². The molecule has 0 unspecified atom stereocenters. The van der Waals surface area contributed by atoms with Crippen molar-refractivity contribution in [2.75, 3.05) is 26.2 Å². The standard InChI is InChI=1S/C23H31NO2.ClH/c1-6-24(7-2)16-17-26-22(25)23(5,20-12-8-18(3)9-13-20)21-14-10-19(4)11-15-21;/h8-15H,6-7,16-17H2,1-5H3;1H. The molecule has 0 aromatic heterocycles. The summed E-state index contributed by atoms with van der Waals surface area (Å²) in [5, 5.41) is 0. The van der Waals surface area contributed by atoms with E-state index in [-0.39, 0.29) is 18.4 Å². The maximum Gasteiger partial charge on any atom is 0.320 e. The van der Waals surface area contributed by atoms with E-state index in [0.29, 0.717) is 6.61 Å². The maximum absolute atomic E-state index is 13.2. The predicted octanol–water partition coefficient (Wildman–Crippen LogP) is 4.92. The number of halogens is 1. The van der Waals surface area contributed by atoms with Gasteiger partial charge in [0.05, 0.1) is 0 Å². The van der Waals surface area contributed by atoms with Gasteiger partial charge in [-0.3, -0.25) is 4.79 Å². The van der Waals surface area contributed by atoms with Gasteiger partial charge in [0.15, 0.2) is 0 Å². The fourth-order valence-corrected chi connectivity index (χ4v) is 3.13. The van der Waals surface area contributed by atoms with Crippen LogP contribution in [-0.4, -0.2) is 37.1 Å². The van der Waals surface area contributed by atoms with Gasteiger partial charge in [-0.25, -0.2) is 0 Å². The SMILES string of the molecule is CCN(CC)CCOC(=O)C(C)(c1ccc(C)cc1)c1ccc(C)cc1.Cl. The number of likely N-dealkylation sites (N-methyl/N-ethyl adjacent to an activating group) is 1. The molecule has 0 aliphatic rings. The number of nitrogens with zero attached hydrogens (tertiary/aromatic N) is 1. The molecule has 27 heavy (non-hydrogen) atoms. The zero-order valence-corrected chi connectivity index (χ0v) is 17.9. The lowest BCUT2D eigenvalue weighted by molar-refractivity contribution is -0.148. The first-order chi connectivity index (χ1) is 12.4. The summed E-state index contributed by atoms with van der Waals surface area (Å²) in [6.45, 7) is 13.4. The molecule has 0 saturated carbocycles. The van der Waals surface area contributed by atoms with Crippen molar-refractivity contribution in [3.05, 3.63) is 70.8 Å². The van der Waals surface area contributed by atoms with E-state index >= 15 is 0 Å². The summed E-state index contributed by atoms with van der Waals surface area (Å²) in [6.07, 6.45) is 0. The Bertz CT molecular complexity index is 661. The van der Waals surface area contributed by atoms with Crippen molar-refractivity contribution in [3.63, 3.8) is 0 Å². The van der Waals surface area contributed by atoms with Gasteiger partial charge < -0.3 is 9.64 Å². The minimum Gasteiger partial charge on any atom is -0.463 e. The Morgan fingerprint density at radius 2 is 1.30 bits per heavy atom. The van der Waals surface area contributed by atoms with Crippen molar-refractivity contribution in [1.29, 1.82) is 0 Å². The van der Waals surface area contributed by atoms with E-state index in [1.54, 1.807) is 0 Å². The van der Waals surface area contributed by atoms with Crippen LogP contribution in [0, 0.1) is 13.8 Å². The van der Waals surface area contributed by atoms with Gasteiger partial charge in [-0.05, 0) is 45.0 Å². The normalized spacial score (nSPS) is 11.2. The predicted molar refractivity (Wildman–Crippen MR) is 115 cm³/mol. The van der Waals surface area contributed by atoms with Gasteiger partial charge in [0.2, 0.25) is 0 Å². The summed E-state index contributed by atoms with van der Waals surface area (Å²) in [6, 6.07) is 16.3. The third kappa shape index (κ3) is 5.57. The van der Waals surface area contributed by atoms with Crippen LogP contribution in [0.5, 0.6) is 0 Å². The van der Waals surface area contributed by atoms with Crippen molar-refractivity contribution in [3.8, 4) is 0 Å². The van der Waals surface area contributed by atoms with E-state index in [4.69, 9.17) is 4.74 Å². The molecule has 4 heteroatoms. The molecule has 2 aromatic carbocycles. The Labute approximate surface area is 170 Å². The average molecular weight is 390 g/mol. The molecule has 0 bridgehead atoms. The van der Waals surface area contributed by atoms with Crippen molar-refractivity contribution in [2.24, 2.45) is 0 Å². The second-order valence-electron chi connectivity index (χ2n) is 7.02. The molecular formula is C23H32ClNO2. The highest BCUT2D eigenvalue weighted by molar-refractivity contribution is 5.87. The largest absolute Gasteiger partial charge is 0.463 e. The number of aryl methyl sites for hydroxylation is 2. The van der Waals surface area contributed by atoms with Gasteiger partial charge in [-0.15, -0.1) is 12.4 Å². The number of carbonyl (C=O) groups is 1. The van der Waals surface area contributed by atoms with E-state index in [1.807, 2.05) is 55.5 Å². The monoisotopic (exact) mass is 389 g/mol. The Balaban J connectivity index is 0.00000364. The van der Waals surface area contributed by atoms with Crippen LogP contribution in [0.1, 0.15) is 43.0 Å². The van der Waals surface area contributed by atoms with Crippen LogP contribution in [0.4, 0.5) is 0 Å². The Hall–Kier alpha value is -1.84. The summed E-state index contributed by atoms with van der Waals surface area (Å²) in [5.74, 6) is -0.197. The van der Waals surface area contributed by atoms with Crippen molar-refractivity contribution in [1.82, 2.24) is 4.90 Å². The second kappa shape index (κ2) is 10.5. The topological polar surface area (TPSA) is 29.5 Å². The summed E-state index contributed by atoms with van der Waals surface area (Å²) in [4.78, 5) is 15.4. The molecule has 0 spiro atoms. The highest BCUT2D eigenvalue weighted by Crippen LogP contribution is 2.34. The quantitative estimate of drug-likeness (QED) is 0.600. The van der Waals surface area contributed by atoms with Crippen LogP contribution in [0.15, 0.2) is 48.5 Å². The molecule has 3 nitrogen and oxygen atoms in total. The molecule has 0 fully saturated rings. The molecule has 0 aliphatic carbocycles. The van der Waals surface area contributed by atoms with Gasteiger partial charge in [0.1, 0.15) is 12.0 Å². The number of ether oxygens (including phenoxy) is 1. The summed E-state index contributed by atoms with van der Waals surface area (Å²) >= 11 is 0. The third-order valence-electron chi connectivity index (χ3n) is 5.20. The van der Waals surface area contributed by atoms with Crippen molar-refractivity contribution < 1.29 is 9.53 Å². The molecule has 0 amide bonds. The Kier molecular flexibility index (Phi) is 9.01. The summed E-state index contributed by atoms with van der Waals surface area (Å²) < 4.78 is 5.73. The number of carbonyl (C=O) groups excluding carboxylic acids is 1. The van der Waals surface area contributed by atoms with Crippen LogP contribution >= 0.6 is 12.4 Å². The summed E-state index contributed by atoms with van der Waals surface area (Å²) in [5.41, 5.74) is 3.45. The first-order valence-electron chi connectivity index (χ1n) is 9.45. The van der Waals surface area contributed by atoms with Gasteiger partial charge in [-0.1, -0.05) is 73.5 Å². The molecule has 0 aliphatic heterocycles. The minimum atomic E-state index is -0.815. The van der Waals surface area contributed by atoms with Crippen LogP contribution in [-0.2, 0) is 14.9 Å². The second-order valence-corrected chi connectivity index (χ2v) is 7.02. The van der Waals surface area contributed by atoms with E-state index in [0.717, 1.165) is 30.8 Å². The van der Waals surface area contributed by atoms with E-state index < -0.39 is 5.41 Å². The van der Waals surface area contributed by atoms with Crippen molar-refractivity contribution in [2.45, 2.75) is 40.0 Å². The first-order valence-corrected chi connectivity index (χ1v) is 9.45. The Morgan fingerprint density at radius 1 is 0.889 bits per heavy atom. The van der Waals surface area contributed by atoms with Gasteiger partial charge in [-0.2, -0.15) is 0 Å². The fraction of sp³-hybridized carbons (Fsp3) is 0.435. The van der Waals surface area contributed by atoms with Gasteiger partial charge in [0.25, 0.3) is 0 Å². The molecule has 2 aromatic rings. The van der Waals surface area contributed by atoms with Crippen LogP contribution in [0.2, 0.25) is 0 Å². The highest BCUT2D eigenvalue weighted by atomic mass is 35.5. The molecule has 2 rings (SSSR count). The zero-order chi connectivity index (χ0) is 19.2. The molecule has 148 valence electrons. The molecule has 0 radical (unpaired) electrons. The highest BCUT2D eigenvalue weighted by Gasteiger charge is 2.38. The Morgan fingerprint density at radius 3 is 1.67 bits per heavy atom. The lowest BCUT2D eigenvalue weighted by atomic mass is 9.76. The number of hydrogen-bond acceptors (Lipinski definition) is 3. The molecule has 0 heterocycles. The van der Waals surface area contributed by atoms with Gasteiger partial charge in [0, 0.05) is 6.54 Å². The molecular weight excluding hydrogens is 358 g/mol. The molecule has 0 N–H and O–H groups in total. The van der Waals surface area contributed by atoms with E-state index in [9.17, 15) is 4.79 Å². The smallest absolute Gasteiger partial charge is 0.320 e. The van der Waals surface area contributed by atoms with Gasteiger partial charge >= 0.3 is 5.97 Å². The van der Waals surface area contributed by atoms with Crippen molar-refractivity contribution >= 4 is 18.4 Å². The molecule has 0 atom stereocenters. The average Bonchev–Trinajstić information content (AvgIpc) is 2.65. The minimum absolute atomic E-state index is 0. The third-order valence-corrected chi connectivity index (χ3v) is 5.20. The summed E-state index contributed by atoms with van der Waals surface area (Å²) in [7, 11) is 0. The van der Waals surface area contributed by atoms with Crippen LogP contribution in [0.3, 0.4) is 0 Å². The lowest BCUT2D eigenvalue weighted by Crippen LogP contribution is -2.37. The fourth-order valence-electron chi connectivity index (χ4n) is 3.13. The zero-order valence-electron chi connectivity index (χ0n) is 17.1. The number of benzene rings is 2. The number of rotatable bonds is 8. The first kappa shape index (κ1) is 23.2. The lowest BCUT2D eigenvalue weighted by Gasteiger charge is -2.29.